The van der Waals surface area contributed by atoms with Crippen LogP contribution in [0, 0.1) is 0 Å². The Morgan fingerprint density at radius 2 is 1.83 bits per heavy atom. The molecule has 3 rings (SSSR count). The van der Waals surface area contributed by atoms with Crippen LogP contribution in [0.3, 0.4) is 0 Å². The number of aliphatic hydroxyl groups excluding tert-OH is 1. The van der Waals surface area contributed by atoms with Gasteiger partial charge in [0.25, 0.3) is 0 Å². The Balaban J connectivity index is 1.78. The Morgan fingerprint density at radius 3 is 2.57 bits per heavy atom. The van der Waals surface area contributed by atoms with E-state index in [0.717, 1.165) is 22.9 Å². The third-order valence-electron chi connectivity index (χ3n) is 3.77. The van der Waals surface area contributed by atoms with Crippen molar-refractivity contribution in [2.45, 2.75) is 12.6 Å². The molecule has 1 atom stereocenters. The maximum Gasteiger partial charge on any atom is 0.153 e. The van der Waals surface area contributed by atoms with Crippen LogP contribution < -0.4 is 5.32 Å². The first kappa shape index (κ1) is 15.6. The van der Waals surface area contributed by atoms with Crippen molar-refractivity contribution in [1.29, 1.82) is 0 Å². The summed E-state index contributed by atoms with van der Waals surface area (Å²) in [6, 6.07) is 17.2. The van der Waals surface area contributed by atoms with Gasteiger partial charge in [-0.1, -0.05) is 48.0 Å². The van der Waals surface area contributed by atoms with E-state index < -0.39 is 6.10 Å². The van der Waals surface area contributed by atoms with Crippen molar-refractivity contribution in [2.24, 2.45) is 0 Å². The second-order valence-corrected chi connectivity index (χ2v) is 5.71. The Hall–Kier alpha value is -2.30. The molecule has 0 spiro atoms. The van der Waals surface area contributed by atoms with E-state index in [1.54, 1.807) is 4.57 Å². The van der Waals surface area contributed by atoms with Gasteiger partial charge in [0.2, 0.25) is 0 Å². The number of para-hydroxylation sites is 2. The maximum absolute atomic E-state index is 11.3. The highest BCUT2D eigenvalue weighted by molar-refractivity contribution is 6.34. The van der Waals surface area contributed by atoms with E-state index in [1.165, 1.54) is 0 Å². The van der Waals surface area contributed by atoms with Gasteiger partial charge >= 0.3 is 0 Å². The molecule has 0 amide bonds. The Morgan fingerprint density at radius 1 is 1.13 bits per heavy atom. The van der Waals surface area contributed by atoms with Crippen molar-refractivity contribution in [3.05, 3.63) is 65.3 Å². The van der Waals surface area contributed by atoms with Gasteiger partial charge < -0.3 is 15.0 Å². The van der Waals surface area contributed by atoms with Gasteiger partial charge in [0.05, 0.1) is 23.7 Å². The summed E-state index contributed by atoms with van der Waals surface area (Å²) in [5, 5.41) is 14.6. The van der Waals surface area contributed by atoms with Crippen molar-refractivity contribution < 1.29 is 9.90 Å². The molecule has 4 nitrogen and oxygen atoms in total. The lowest BCUT2D eigenvalue weighted by molar-refractivity contribution is 0.112. The van der Waals surface area contributed by atoms with Crippen LogP contribution in [-0.4, -0.2) is 28.6 Å². The summed E-state index contributed by atoms with van der Waals surface area (Å²) in [7, 11) is 0. The molecule has 118 valence electrons. The average molecular weight is 329 g/mol. The number of benzene rings is 2. The minimum absolute atomic E-state index is 0.313. The number of aromatic nitrogens is 1. The average Bonchev–Trinajstić information content (AvgIpc) is 2.85. The van der Waals surface area contributed by atoms with Gasteiger partial charge in [-0.05, 0) is 18.2 Å². The molecule has 0 aliphatic carbocycles. The molecule has 1 aromatic heterocycles. The van der Waals surface area contributed by atoms with Crippen LogP contribution in [0.5, 0.6) is 0 Å². The van der Waals surface area contributed by atoms with Crippen molar-refractivity contribution in [3.8, 4) is 0 Å². The van der Waals surface area contributed by atoms with E-state index in [0.29, 0.717) is 23.8 Å². The molecule has 0 aliphatic rings. The van der Waals surface area contributed by atoms with Crippen LogP contribution in [-0.2, 0) is 6.54 Å². The molecule has 2 aromatic carbocycles. The minimum Gasteiger partial charge on any atom is -0.389 e. The molecule has 2 N–H and O–H groups in total. The van der Waals surface area contributed by atoms with Crippen molar-refractivity contribution in [1.82, 2.24) is 4.57 Å². The summed E-state index contributed by atoms with van der Waals surface area (Å²) in [4.78, 5) is 11.3. The molecule has 3 aromatic rings. The zero-order valence-corrected chi connectivity index (χ0v) is 13.2. The van der Waals surface area contributed by atoms with Crippen LogP contribution in [0.25, 0.3) is 10.9 Å². The normalized spacial score (nSPS) is 12.3. The number of nitrogens with one attached hydrogen (secondary N) is 1. The van der Waals surface area contributed by atoms with Gasteiger partial charge in [0, 0.05) is 17.6 Å². The predicted octanol–water partition coefficient (Wildman–Crippen LogP) is 3.58. The third kappa shape index (κ3) is 3.23. The first-order valence-electron chi connectivity index (χ1n) is 7.39. The van der Waals surface area contributed by atoms with Crippen LogP contribution in [0.15, 0.2) is 54.6 Å². The smallest absolute Gasteiger partial charge is 0.153 e. The Kier molecular flexibility index (Phi) is 4.65. The Bertz CT molecular complexity index is 815. The number of nitrogens with zero attached hydrogens (tertiary/aromatic N) is 1. The Labute approximate surface area is 139 Å². The first-order chi connectivity index (χ1) is 11.2. The van der Waals surface area contributed by atoms with Gasteiger partial charge in [-0.2, -0.15) is 0 Å². The summed E-state index contributed by atoms with van der Waals surface area (Å²) in [5.41, 5.74) is 2.26. The monoisotopic (exact) mass is 328 g/mol. The third-order valence-corrected chi connectivity index (χ3v) is 4.18. The summed E-state index contributed by atoms with van der Waals surface area (Å²) in [5.74, 6) is 0. The van der Waals surface area contributed by atoms with Gasteiger partial charge in [0.15, 0.2) is 6.29 Å². The highest BCUT2D eigenvalue weighted by Gasteiger charge is 2.17. The molecule has 1 heterocycles. The van der Waals surface area contributed by atoms with E-state index in [2.05, 4.69) is 5.32 Å². The number of aldehydes is 1. The number of hydrogen-bond acceptors (Lipinski definition) is 3. The quantitative estimate of drug-likeness (QED) is 0.680. The fourth-order valence-electron chi connectivity index (χ4n) is 2.66. The van der Waals surface area contributed by atoms with E-state index in [-0.39, 0.29) is 0 Å². The lowest BCUT2D eigenvalue weighted by Gasteiger charge is -2.15. The highest BCUT2D eigenvalue weighted by atomic mass is 35.5. The minimum atomic E-state index is -0.636. The van der Waals surface area contributed by atoms with Gasteiger partial charge in [-0.25, -0.2) is 0 Å². The molecule has 0 bridgehead atoms. The molecule has 0 saturated carbocycles. The molecular weight excluding hydrogens is 312 g/mol. The number of aliphatic hydroxyl groups is 1. The molecular formula is C18H17ClN2O2. The predicted molar refractivity (Wildman–Crippen MR) is 93.3 cm³/mol. The lowest BCUT2D eigenvalue weighted by atomic mass is 10.2. The fraction of sp³-hybridized carbons (Fsp3) is 0.167. The van der Waals surface area contributed by atoms with Gasteiger partial charge in [-0.15, -0.1) is 0 Å². The molecule has 1 unspecified atom stereocenters. The van der Waals surface area contributed by atoms with E-state index >= 15 is 0 Å². The SMILES string of the molecule is O=Cc1c(Cl)n(CC(O)CNc2ccccc2)c2ccccc12. The van der Waals surface area contributed by atoms with Crippen molar-refractivity contribution in [3.63, 3.8) is 0 Å². The fourth-order valence-corrected chi connectivity index (χ4v) is 2.96. The van der Waals surface area contributed by atoms with E-state index in [4.69, 9.17) is 11.6 Å². The number of halogens is 1. The number of rotatable bonds is 6. The molecule has 5 heteroatoms. The summed E-state index contributed by atoms with van der Waals surface area (Å²) in [6.07, 6.45) is 0.124. The molecule has 23 heavy (non-hydrogen) atoms. The number of anilines is 1. The topological polar surface area (TPSA) is 54.3 Å². The largest absolute Gasteiger partial charge is 0.389 e. The van der Waals surface area contributed by atoms with E-state index in [9.17, 15) is 9.90 Å². The van der Waals surface area contributed by atoms with Crippen LogP contribution in [0.4, 0.5) is 5.69 Å². The second-order valence-electron chi connectivity index (χ2n) is 5.35. The summed E-state index contributed by atoms with van der Waals surface area (Å²) >= 11 is 6.31. The van der Waals surface area contributed by atoms with Crippen LogP contribution in [0.1, 0.15) is 10.4 Å². The molecule has 0 aliphatic heterocycles. The molecule has 0 radical (unpaired) electrons. The zero-order valence-electron chi connectivity index (χ0n) is 12.4. The first-order valence-corrected chi connectivity index (χ1v) is 7.77. The zero-order chi connectivity index (χ0) is 16.2. The van der Waals surface area contributed by atoms with Gasteiger partial charge in [-0.3, -0.25) is 4.79 Å². The van der Waals surface area contributed by atoms with Crippen molar-refractivity contribution in [2.75, 3.05) is 11.9 Å². The van der Waals surface area contributed by atoms with Crippen LogP contribution in [0.2, 0.25) is 5.15 Å². The number of carbonyl (C=O) groups excluding carboxylic acids is 1. The lowest BCUT2D eigenvalue weighted by Crippen LogP contribution is -2.25. The molecule has 0 saturated heterocycles. The number of carbonyl (C=O) groups is 1. The standard InChI is InChI=1S/C18H17ClN2O2/c19-18-16(12-22)15-8-4-5-9-17(15)21(18)11-14(23)10-20-13-6-2-1-3-7-13/h1-9,12,14,20,23H,10-11H2. The van der Waals surface area contributed by atoms with Crippen LogP contribution >= 0.6 is 11.6 Å². The molecule has 0 fully saturated rings. The summed E-state index contributed by atoms with van der Waals surface area (Å²) in [6.45, 7) is 0.705. The van der Waals surface area contributed by atoms with E-state index in [1.807, 2.05) is 54.6 Å². The van der Waals surface area contributed by atoms with Crippen molar-refractivity contribution >= 4 is 34.5 Å². The van der Waals surface area contributed by atoms with Gasteiger partial charge in [0.1, 0.15) is 5.15 Å². The number of hydrogen-bond donors (Lipinski definition) is 2. The maximum atomic E-state index is 11.3. The summed E-state index contributed by atoms with van der Waals surface area (Å²) < 4.78 is 1.78. The highest BCUT2D eigenvalue weighted by Crippen LogP contribution is 2.29. The number of fused-ring (bicyclic) bond motifs is 1. The second kappa shape index (κ2) is 6.86.